The number of hydrogen-bond acceptors (Lipinski definition) is 5. The molecule has 0 radical (unpaired) electrons. The summed E-state index contributed by atoms with van der Waals surface area (Å²) < 4.78 is 11.3. The number of ether oxygens (including phenoxy) is 1. The number of halogens is 1. The fraction of sp³-hybridized carbons (Fsp3) is 0.0667. The van der Waals surface area contributed by atoms with Crippen LogP contribution in [0.1, 0.15) is 0 Å². The quantitative estimate of drug-likeness (QED) is 0.731. The van der Waals surface area contributed by atoms with Gasteiger partial charge in [0, 0.05) is 10.0 Å². The highest BCUT2D eigenvalue weighted by Crippen LogP contribution is 2.32. The Morgan fingerprint density at radius 3 is 2.81 bits per heavy atom. The average Bonchev–Trinajstić information content (AvgIpc) is 3.00. The molecule has 6 heteroatoms. The van der Waals surface area contributed by atoms with E-state index in [4.69, 9.17) is 15.0 Å². The smallest absolute Gasteiger partial charge is 0.260 e. The van der Waals surface area contributed by atoms with Gasteiger partial charge in [0.05, 0.1) is 18.4 Å². The maximum atomic E-state index is 6.01. The zero-order valence-corrected chi connectivity index (χ0v) is 12.8. The second kappa shape index (κ2) is 5.57. The van der Waals surface area contributed by atoms with Gasteiger partial charge in [-0.1, -0.05) is 23.4 Å². The summed E-state index contributed by atoms with van der Waals surface area (Å²) in [5.74, 6) is 1.61. The molecular formula is C15H12BrN3O2. The Hall–Kier alpha value is -2.34. The molecule has 106 valence electrons. The fourth-order valence-electron chi connectivity index (χ4n) is 1.94. The molecule has 3 rings (SSSR count). The van der Waals surface area contributed by atoms with E-state index in [0.29, 0.717) is 23.0 Å². The standard InChI is InChI=1S/C15H12BrN3O2/c1-20-10-5-2-4-9(8-10)14-18-15(21-19-14)11-6-3-7-12(16)13(11)17/h2-8H,17H2,1H3. The lowest BCUT2D eigenvalue weighted by atomic mass is 10.2. The van der Waals surface area contributed by atoms with E-state index in [1.165, 1.54) is 0 Å². The van der Waals surface area contributed by atoms with Crippen molar-refractivity contribution in [2.45, 2.75) is 0 Å². The van der Waals surface area contributed by atoms with Crippen LogP contribution in [0.5, 0.6) is 5.75 Å². The van der Waals surface area contributed by atoms with E-state index >= 15 is 0 Å². The largest absolute Gasteiger partial charge is 0.497 e. The molecule has 1 aromatic heterocycles. The van der Waals surface area contributed by atoms with Crippen LogP contribution in [-0.4, -0.2) is 17.3 Å². The number of nitrogens with two attached hydrogens (primary N) is 1. The Morgan fingerprint density at radius 1 is 1.19 bits per heavy atom. The molecule has 0 saturated carbocycles. The summed E-state index contributed by atoms with van der Waals surface area (Å²) in [6.07, 6.45) is 0. The first-order valence-corrected chi connectivity index (χ1v) is 7.01. The molecule has 3 aromatic rings. The van der Waals surface area contributed by atoms with Crippen molar-refractivity contribution in [3.05, 3.63) is 46.9 Å². The van der Waals surface area contributed by atoms with Crippen molar-refractivity contribution in [2.24, 2.45) is 0 Å². The minimum Gasteiger partial charge on any atom is -0.497 e. The predicted octanol–water partition coefficient (Wildman–Crippen LogP) is 3.76. The monoisotopic (exact) mass is 345 g/mol. The summed E-state index contributed by atoms with van der Waals surface area (Å²) in [6.45, 7) is 0. The van der Waals surface area contributed by atoms with Crippen LogP contribution < -0.4 is 10.5 Å². The molecule has 0 aliphatic heterocycles. The molecule has 2 aromatic carbocycles. The molecule has 0 spiro atoms. The maximum absolute atomic E-state index is 6.01. The van der Waals surface area contributed by atoms with Crippen LogP contribution in [0, 0.1) is 0 Å². The average molecular weight is 346 g/mol. The minimum atomic E-state index is 0.381. The molecule has 21 heavy (non-hydrogen) atoms. The highest BCUT2D eigenvalue weighted by Gasteiger charge is 2.14. The van der Waals surface area contributed by atoms with E-state index in [-0.39, 0.29) is 0 Å². The van der Waals surface area contributed by atoms with Crippen molar-refractivity contribution >= 4 is 21.6 Å². The van der Waals surface area contributed by atoms with Gasteiger partial charge in [-0.15, -0.1) is 0 Å². The highest BCUT2D eigenvalue weighted by molar-refractivity contribution is 9.10. The van der Waals surface area contributed by atoms with Gasteiger partial charge in [0.2, 0.25) is 5.82 Å². The minimum absolute atomic E-state index is 0.381. The SMILES string of the molecule is COc1cccc(-c2noc(-c3cccc(Br)c3N)n2)c1. The van der Waals surface area contributed by atoms with Crippen molar-refractivity contribution in [1.82, 2.24) is 10.1 Å². The first-order valence-electron chi connectivity index (χ1n) is 6.21. The zero-order chi connectivity index (χ0) is 14.8. The van der Waals surface area contributed by atoms with E-state index in [9.17, 15) is 0 Å². The lowest BCUT2D eigenvalue weighted by Crippen LogP contribution is -1.91. The first kappa shape index (κ1) is 13.6. The molecule has 0 unspecified atom stereocenters. The second-order valence-electron chi connectivity index (χ2n) is 4.36. The molecular weight excluding hydrogens is 334 g/mol. The molecule has 0 aliphatic rings. The number of anilines is 1. The number of benzene rings is 2. The third-order valence-corrected chi connectivity index (χ3v) is 3.73. The number of methoxy groups -OCH3 is 1. The molecule has 5 nitrogen and oxygen atoms in total. The van der Waals surface area contributed by atoms with Gasteiger partial charge in [0.1, 0.15) is 5.75 Å². The molecule has 0 aliphatic carbocycles. The molecule has 2 N–H and O–H groups in total. The molecule has 0 bridgehead atoms. The van der Waals surface area contributed by atoms with E-state index in [1.54, 1.807) is 7.11 Å². The maximum Gasteiger partial charge on any atom is 0.260 e. The van der Waals surface area contributed by atoms with Gasteiger partial charge in [0.15, 0.2) is 0 Å². The number of nitrogen functional groups attached to an aromatic ring is 1. The summed E-state index contributed by atoms with van der Waals surface area (Å²) in [6, 6.07) is 13.0. The third-order valence-electron chi connectivity index (χ3n) is 3.04. The third kappa shape index (κ3) is 2.62. The van der Waals surface area contributed by atoms with Crippen LogP contribution in [0.25, 0.3) is 22.8 Å². The number of para-hydroxylation sites is 1. The first-order chi connectivity index (χ1) is 10.2. The normalized spacial score (nSPS) is 10.6. The van der Waals surface area contributed by atoms with Gasteiger partial charge >= 0.3 is 0 Å². The van der Waals surface area contributed by atoms with Crippen molar-refractivity contribution in [2.75, 3.05) is 12.8 Å². The Morgan fingerprint density at radius 2 is 2.00 bits per heavy atom. The number of nitrogens with zero attached hydrogens (tertiary/aromatic N) is 2. The van der Waals surface area contributed by atoms with Crippen LogP contribution in [0.3, 0.4) is 0 Å². The molecule has 0 atom stereocenters. The topological polar surface area (TPSA) is 74.2 Å². The summed E-state index contributed by atoms with van der Waals surface area (Å²) in [7, 11) is 1.61. The van der Waals surface area contributed by atoms with E-state index in [2.05, 4.69) is 26.1 Å². The summed E-state index contributed by atoms with van der Waals surface area (Å²) in [4.78, 5) is 4.39. The van der Waals surface area contributed by atoms with Crippen LogP contribution in [0.2, 0.25) is 0 Å². The fourth-order valence-corrected chi connectivity index (χ4v) is 2.30. The Balaban J connectivity index is 2.01. The summed E-state index contributed by atoms with van der Waals surface area (Å²) in [5.41, 5.74) is 8.10. The van der Waals surface area contributed by atoms with Gasteiger partial charge in [0.25, 0.3) is 5.89 Å². The number of rotatable bonds is 3. The summed E-state index contributed by atoms with van der Waals surface area (Å²) >= 11 is 3.38. The van der Waals surface area contributed by atoms with E-state index in [0.717, 1.165) is 15.8 Å². The predicted molar refractivity (Wildman–Crippen MR) is 83.8 cm³/mol. The van der Waals surface area contributed by atoms with E-state index < -0.39 is 0 Å². The van der Waals surface area contributed by atoms with Crippen molar-refractivity contribution in [3.63, 3.8) is 0 Å². The number of aromatic nitrogens is 2. The van der Waals surface area contributed by atoms with Crippen LogP contribution in [-0.2, 0) is 0 Å². The van der Waals surface area contributed by atoms with Crippen LogP contribution in [0.15, 0.2) is 51.5 Å². The highest BCUT2D eigenvalue weighted by atomic mass is 79.9. The molecule has 0 amide bonds. The number of hydrogen-bond donors (Lipinski definition) is 1. The van der Waals surface area contributed by atoms with Crippen molar-refractivity contribution < 1.29 is 9.26 Å². The van der Waals surface area contributed by atoms with Crippen molar-refractivity contribution in [3.8, 4) is 28.6 Å². The van der Waals surface area contributed by atoms with Gasteiger partial charge in [-0.25, -0.2) is 0 Å². The lowest BCUT2D eigenvalue weighted by Gasteiger charge is -2.02. The van der Waals surface area contributed by atoms with Gasteiger partial charge in [-0.2, -0.15) is 4.98 Å². The Bertz CT molecular complexity index is 786. The van der Waals surface area contributed by atoms with E-state index in [1.807, 2.05) is 42.5 Å². The van der Waals surface area contributed by atoms with Crippen molar-refractivity contribution in [1.29, 1.82) is 0 Å². The Kier molecular flexibility index (Phi) is 3.62. The van der Waals surface area contributed by atoms with Gasteiger partial charge in [-0.05, 0) is 40.2 Å². The lowest BCUT2D eigenvalue weighted by molar-refractivity contribution is 0.414. The molecule has 1 heterocycles. The molecule has 0 saturated heterocycles. The van der Waals surface area contributed by atoms with Crippen LogP contribution >= 0.6 is 15.9 Å². The Labute approximate surface area is 129 Å². The summed E-state index contributed by atoms with van der Waals surface area (Å²) in [5, 5.41) is 4.00. The van der Waals surface area contributed by atoms with Gasteiger partial charge in [-0.3, -0.25) is 0 Å². The zero-order valence-electron chi connectivity index (χ0n) is 11.2. The molecule has 0 fully saturated rings. The van der Waals surface area contributed by atoms with Crippen LogP contribution in [0.4, 0.5) is 5.69 Å². The van der Waals surface area contributed by atoms with Gasteiger partial charge < -0.3 is 15.0 Å². The second-order valence-corrected chi connectivity index (χ2v) is 5.21.